The molecule has 10 nitrogen and oxygen atoms in total. The number of nitriles is 1. The number of hydrogen-bond acceptors (Lipinski definition) is 7. The molecule has 1 aromatic heterocycles. The molecule has 2 aliphatic rings. The second kappa shape index (κ2) is 9.95. The van der Waals surface area contributed by atoms with Crippen molar-refractivity contribution < 1.29 is 19.1 Å². The lowest BCUT2D eigenvalue weighted by molar-refractivity contribution is -0.147. The monoisotopic (exact) mass is 520 g/mol. The van der Waals surface area contributed by atoms with Gasteiger partial charge in [0.2, 0.25) is 17.7 Å². The Morgan fingerprint density at radius 3 is 2.53 bits per heavy atom. The molecule has 10 heteroatoms. The molecule has 2 N–H and O–H groups in total. The van der Waals surface area contributed by atoms with Crippen molar-refractivity contribution in [2.45, 2.75) is 65.8 Å². The van der Waals surface area contributed by atoms with E-state index in [-0.39, 0.29) is 23.2 Å². The van der Waals surface area contributed by atoms with Crippen molar-refractivity contribution in [1.82, 2.24) is 25.7 Å². The standard InChI is InChI=1S/C28H36N6O4/c1-15(38-7)24(35)32-23(27(2,3)4)26(37)34-14-18-20(28(18,5)6)22(34)25(36)31-19(12-29)21-17-11-9-8-10-16(17)13-30-33-21/h8-11,13,15,18-20,22-23H,14H2,1-7H3,(H,31,36)(H,32,35)/t15?,18-,19?,20-,22-,23?/m0/s1. The van der Waals surface area contributed by atoms with Gasteiger partial charge in [0.05, 0.1) is 12.3 Å². The molecule has 2 fully saturated rings. The first-order valence-corrected chi connectivity index (χ1v) is 12.9. The number of carbonyl (C=O) groups excluding carboxylic acids is 3. The van der Waals surface area contributed by atoms with Crippen molar-refractivity contribution in [2.75, 3.05) is 13.7 Å². The number of nitrogens with zero attached hydrogens (tertiary/aromatic N) is 4. The molecule has 0 radical (unpaired) electrons. The number of carbonyl (C=O) groups is 3. The number of rotatable bonds is 7. The minimum atomic E-state index is -1.04. The SMILES string of the molecule is COC(C)C(=O)NC(C(=O)N1C[C@H]2[C@@H]([C@H]1C(=O)NC(C#N)c1nncc3ccccc13)C2(C)C)C(C)(C)C. The number of hydrogen-bond donors (Lipinski definition) is 2. The van der Waals surface area contributed by atoms with Crippen LogP contribution in [0.2, 0.25) is 0 Å². The number of methoxy groups -OCH3 is 1. The van der Waals surface area contributed by atoms with E-state index >= 15 is 0 Å². The van der Waals surface area contributed by atoms with Gasteiger partial charge in [-0.25, -0.2) is 0 Å². The molecule has 0 bridgehead atoms. The number of amides is 3. The summed E-state index contributed by atoms with van der Waals surface area (Å²) in [4.78, 5) is 42.0. The van der Waals surface area contributed by atoms with E-state index in [9.17, 15) is 19.6 Å². The van der Waals surface area contributed by atoms with Crippen molar-refractivity contribution in [3.05, 3.63) is 36.2 Å². The Morgan fingerprint density at radius 2 is 1.89 bits per heavy atom. The molecule has 3 unspecified atom stereocenters. The molecule has 3 amide bonds. The zero-order valence-corrected chi connectivity index (χ0v) is 23.0. The smallest absolute Gasteiger partial charge is 0.249 e. The van der Waals surface area contributed by atoms with E-state index < -0.39 is 41.5 Å². The van der Waals surface area contributed by atoms with Crippen molar-refractivity contribution >= 4 is 28.5 Å². The zero-order chi connectivity index (χ0) is 28.0. The summed E-state index contributed by atoms with van der Waals surface area (Å²) in [5.41, 5.74) is -0.377. The molecular weight excluding hydrogens is 484 g/mol. The van der Waals surface area contributed by atoms with Crippen LogP contribution in [0.3, 0.4) is 0 Å². The first kappa shape index (κ1) is 27.5. The topological polar surface area (TPSA) is 137 Å². The average Bonchev–Trinajstić information content (AvgIpc) is 3.20. The number of fused-ring (bicyclic) bond motifs is 2. The Hall–Kier alpha value is -3.58. The fourth-order valence-corrected chi connectivity index (χ4v) is 5.65. The van der Waals surface area contributed by atoms with Gasteiger partial charge >= 0.3 is 0 Å². The highest BCUT2D eigenvalue weighted by atomic mass is 16.5. The van der Waals surface area contributed by atoms with Gasteiger partial charge in [-0.1, -0.05) is 58.9 Å². The molecule has 202 valence electrons. The summed E-state index contributed by atoms with van der Waals surface area (Å²) < 4.78 is 5.13. The third-order valence-corrected chi connectivity index (χ3v) is 8.17. The molecular formula is C28H36N6O4. The van der Waals surface area contributed by atoms with Gasteiger partial charge in [-0.2, -0.15) is 15.5 Å². The van der Waals surface area contributed by atoms with E-state index in [0.717, 1.165) is 10.8 Å². The second-order valence-electron chi connectivity index (χ2n) is 12.0. The van der Waals surface area contributed by atoms with Gasteiger partial charge in [0.1, 0.15) is 23.9 Å². The first-order valence-electron chi connectivity index (χ1n) is 12.9. The van der Waals surface area contributed by atoms with Crippen LogP contribution < -0.4 is 10.6 Å². The Bertz CT molecular complexity index is 1290. The molecule has 6 atom stereocenters. The number of likely N-dealkylation sites (tertiary alicyclic amines) is 1. The van der Waals surface area contributed by atoms with Gasteiger partial charge in [-0.3, -0.25) is 14.4 Å². The summed E-state index contributed by atoms with van der Waals surface area (Å²) in [5, 5.41) is 25.4. The van der Waals surface area contributed by atoms with E-state index in [1.165, 1.54) is 7.11 Å². The van der Waals surface area contributed by atoms with Crippen LogP contribution in [0.1, 0.15) is 53.3 Å². The largest absolute Gasteiger partial charge is 0.372 e. The Kier molecular flexibility index (Phi) is 7.19. The maximum absolute atomic E-state index is 13.9. The van der Waals surface area contributed by atoms with Gasteiger partial charge in [-0.05, 0) is 29.6 Å². The quantitative estimate of drug-likeness (QED) is 0.572. The highest BCUT2D eigenvalue weighted by molar-refractivity contribution is 5.95. The third kappa shape index (κ3) is 4.83. The van der Waals surface area contributed by atoms with Gasteiger partial charge in [0.15, 0.2) is 6.04 Å². The van der Waals surface area contributed by atoms with E-state index in [0.29, 0.717) is 12.2 Å². The maximum atomic E-state index is 13.9. The molecule has 1 aliphatic carbocycles. The fraction of sp³-hybridized carbons (Fsp3) is 0.571. The molecule has 2 heterocycles. The zero-order valence-electron chi connectivity index (χ0n) is 23.0. The van der Waals surface area contributed by atoms with Crippen molar-refractivity contribution in [3.8, 4) is 6.07 Å². The first-order chi connectivity index (χ1) is 17.8. The molecule has 0 spiro atoms. The Balaban J connectivity index is 1.62. The predicted octanol–water partition coefficient (Wildman–Crippen LogP) is 2.36. The van der Waals surface area contributed by atoms with Crippen LogP contribution in [-0.2, 0) is 19.1 Å². The van der Waals surface area contributed by atoms with Crippen LogP contribution >= 0.6 is 0 Å². The molecule has 4 rings (SSSR count). The molecule has 1 aliphatic heterocycles. The van der Waals surface area contributed by atoms with Crippen LogP contribution in [0.15, 0.2) is 30.5 Å². The van der Waals surface area contributed by atoms with Crippen LogP contribution in [0.5, 0.6) is 0 Å². The molecule has 1 aromatic carbocycles. The molecule has 1 saturated carbocycles. The van der Waals surface area contributed by atoms with Crippen LogP contribution in [0, 0.1) is 34.0 Å². The second-order valence-corrected chi connectivity index (χ2v) is 12.0. The number of aromatic nitrogens is 2. The Labute approximate surface area is 223 Å². The Morgan fingerprint density at radius 1 is 1.21 bits per heavy atom. The minimum Gasteiger partial charge on any atom is -0.372 e. The number of nitrogens with one attached hydrogen (secondary N) is 2. The summed E-state index contributed by atoms with van der Waals surface area (Å²) >= 11 is 0. The normalized spacial score (nSPS) is 24.1. The van der Waals surface area contributed by atoms with Crippen molar-refractivity contribution in [3.63, 3.8) is 0 Å². The van der Waals surface area contributed by atoms with Gasteiger partial charge in [0.25, 0.3) is 0 Å². The maximum Gasteiger partial charge on any atom is 0.249 e. The summed E-state index contributed by atoms with van der Waals surface area (Å²) in [6.45, 7) is 11.8. The van der Waals surface area contributed by atoms with Gasteiger partial charge in [-0.15, -0.1) is 0 Å². The lowest BCUT2D eigenvalue weighted by atomic mass is 9.85. The van der Waals surface area contributed by atoms with Gasteiger partial charge in [0, 0.05) is 24.4 Å². The minimum absolute atomic E-state index is 0.0568. The van der Waals surface area contributed by atoms with Crippen LogP contribution in [0.4, 0.5) is 0 Å². The summed E-state index contributed by atoms with van der Waals surface area (Å²) in [5.74, 6) is -1.05. The third-order valence-electron chi connectivity index (χ3n) is 8.17. The summed E-state index contributed by atoms with van der Waals surface area (Å²) in [6.07, 6.45) is 0.880. The fourth-order valence-electron chi connectivity index (χ4n) is 5.65. The van der Waals surface area contributed by atoms with Crippen LogP contribution in [-0.4, -0.2) is 64.7 Å². The van der Waals surface area contributed by atoms with Gasteiger partial charge < -0.3 is 20.3 Å². The lowest BCUT2D eigenvalue weighted by Crippen LogP contribution is -2.60. The van der Waals surface area contributed by atoms with Crippen molar-refractivity contribution in [1.29, 1.82) is 5.26 Å². The summed E-state index contributed by atoms with van der Waals surface area (Å²) in [6, 6.07) is 6.86. The van der Waals surface area contributed by atoms with E-state index in [1.807, 2.05) is 45.0 Å². The predicted molar refractivity (Wildman–Crippen MR) is 140 cm³/mol. The van der Waals surface area contributed by atoms with Crippen molar-refractivity contribution in [2.24, 2.45) is 22.7 Å². The average molecular weight is 521 g/mol. The van der Waals surface area contributed by atoms with Crippen LogP contribution in [0.25, 0.3) is 10.8 Å². The highest BCUT2D eigenvalue weighted by Gasteiger charge is 2.69. The number of ether oxygens (including phenoxy) is 1. The highest BCUT2D eigenvalue weighted by Crippen LogP contribution is 2.65. The lowest BCUT2D eigenvalue weighted by Gasteiger charge is -2.38. The molecule has 38 heavy (non-hydrogen) atoms. The van der Waals surface area contributed by atoms with E-state index in [4.69, 9.17) is 4.74 Å². The number of piperidine rings is 1. The molecule has 1 saturated heterocycles. The van der Waals surface area contributed by atoms with E-state index in [1.54, 1.807) is 18.0 Å². The number of benzene rings is 1. The molecule has 2 aromatic rings. The summed E-state index contributed by atoms with van der Waals surface area (Å²) in [7, 11) is 1.43. The van der Waals surface area contributed by atoms with E-state index in [2.05, 4.69) is 40.7 Å².